The van der Waals surface area contributed by atoms with E-state index in [0.717, 1.165) is 18.4 Å². The summed E-state index contributed by atoms with van der Waals surface area (Å²) in [7, 11) is 0. The van der Waals surface area contributed by atoms with Crippen molar-refractivity contribution in [1.82, 2.24) is 5.32 Å². The van der Waals surface area contributed by atoms with Crippen LogP contribution in [0.25, 0.3) is 0 Å². The van der Waals surface area contributed by atoms with Crippen molar-refractivity contribution >= 4 is 17.5 Å². The summed E-state index contributed by atoms with van der Waals surface area (Å²) in [5.41, 5.74) is 6.74. The topological polar surface area (TPSA) is 55.1 Å². The molecule has 106 valence electrons. The first-order valence-corrected chi connectivity index (χ1v) is 7.02. The van der Waals surface area contributed by atoms with E-state index >= 15 is 0 Å². The maximum absolute atomic E-state index is 11.8. The van der Waals surface area contributed by atoms with Gasteiger partial charge < -0.3 is 11.1 Å². The maximum Gasteiger partial charge on any atom is 0.220 e. The quantitative estimate of drug-likeness (QED) is 0.807. The van der Waals surface area contributed by atoms with E-state index in [1.54, 1.807) is 0 Å². The van der Waals surface area contributed by atoms with Gasteiger partial charge in [-0.05, 0) is 42.5 Å². The zero-order valence-electron chi connectivity index (χ0n) is 11.7. The predicted octanol–water partition coefficient (Wildman–Crippen LogP) is 3.11. The Kier molecular flexibility index (Phi) is 6.32. The maximum atomic E-state index is 11.8. The van der Waals surface area contributed by atoms with Gasteiger partial charge in [0.2, 0.25) is 5.91 Å². The first-order chi connectivity index (χ1) is 8.93. The van der Waals surface area contributed by atoms with Crippen LogP contribution in [0.5, 0.6) is 0 Å². The highest BCUT2D eigenvalue weighted by molar-refractivity contribution is 6.30. The van der Waals surface area contributed by atoms with Gasteiger partial charge in [0.05, 0.1) is 0 Å². The third-order valence-corrected chi connectivity index (χ3v) is 3.50. The van der Waals surface area contributed by atoms with Crippen molar-refractivity contribution in [3.05, 3.63) is 34.9 Å². The highest BCUT2D eigenvalue weighted by Crippen LogP contribution is 2.25. The van der Waals surface area contributed by atoms with Crippen LogP contribution in [0.15, 0.2) is 24.3 Å². The molecular weight excluding hydrogens is 260 g/mol. The summed E-state index contributed by atoms with van der Waals surface area (Å²) in [5.74, 6) is 0.0834. The number of nitrogens with one attached hydrogen (secondary N) is 1. The number of nitrogens with two attached hydrogens (primary N) is 1. The van der Waals surface area contributed by atoms with E-state index in [1.807, 2.05) is 24.3 Å². The SMILES string of the molecule is CC(C)(CCN)CCC(=O)NCc1ccc(Cl)cc1. The zero-order chi connectivity index (χ0) is 14.3. The molecule has 0 aliphatic rings. The van der Waals surface area contributed by atoms with Crippen LogP contribution in [-0.4, -0.2) is 12.5 Å². The molecule has 0 bridgehead atoms. The smallest absolute Gasteiger partial charge is 0.220 e. The number of amides is 1. The Morgan fingerprint density at radius 2 is 1.89 bits per heavy atom. The molecular formula is C15H23ClN2O. The predicted molar refractivity (Wildman–Crippen MR) is 80.0 cm³/mol. The minimum atomic E-state index is 0.0834. The highest BCUT2D eigenvalue weighted by Gasteiger charge is 2.18. The van der Waals surface area contributed by atoms with E-state index in [9.17, 15) is 4.79 Å². The average Bonchev–Trinajstić information content (AvgIpc) is 2.36. The fourth-order valence-electron chi connectivity index (χ4n) is 1.86. The zero-order valence-corrected chi connectivity index (χ0v) is 12.5. The summed E-state index contributed by atoms with van der Waals surface area (Å²) in [4.78, 5) is 11.8. The second-order valence-electron chi connectivity index (χ2n) is 5.61. The van der Waals surface area contributed by atoms with Crippen LogP contribution >= 0.6 is 11.6 Å². The first-order valence-electron chi connectivity index (χ1n) is 6.64. The largest absolute Gasteiger partial charge is 0.352 e. The number of hydrogen-bond donors (Lipinski definition) is 2. The summed E-state index contributed by atoms with van der Waals surface area (Å²) in [6, 6.07) is 7.49. The van der Waals surface area contributed by atoms with Crippen LogP contribution < -0.4 is 11.1 Å². The van der Waals surface area contributed by atoms with Crippen LogP contribution in [0, 0.1) is 5.41 Å². The third-order valence-electron chi connectivity index (χ3n) is 3.25. The van der Waals surface area contributed by atoms with Crippen molar-refractivity contribution in [3.63, 3.8) is 0 Å². The van der Waals surface area contributed by atoms with Gasteiger partial charge >= 0.3 is 0 Å². The minimum absolute atomic E-state index is 0.0834. The second kappa shape index (κ2) is 7.51. The second-order valence-corrected chi connectivity index (χ2v) is 6.04. The van der Waals surface area contributed by atoms with E-state index < -0.39 is 0 Å². The normalized spacial score (nSPS) is 11.4. The molecule has 0 saturated heterocycles. The van der Waals surface area contributed by atoms with Crippen molar-refractivity contribution in [2.75, 3.05) is 6.54 Å². The first kappa shape index (κ1) is 16.0. The van der Waals surface area contributed by atoms with Crippen molar-refractivity contribution in [1.29, 1.82) is 0 Å². The van der Waals surface area contributed by atoms with Gasteiger partial charge in [0.1, 0.15) is 0 Å². The minimum Gasteiger partial charge on any atom is -0.352 e. The Morgan fingerprint density at radius 1 is 1.26 bits per heavy atom. The van der Waals surface area contributed by atoms with Gasteiger partial charge in [-0.1, -0.05) is 37.6 Å². The summed E-state index contributed by atoms with van der Waals surface area (Å²) in [6.45, 7) is 5.51. The molecule has 0 fully saturated rings. The Balaban J connectivity index is 2.30. The van der Waals surface area contributed by atoms with E-state index in [0.29, 0.717) is 24.5 Å². The molecule has 1 aromatic carbocycles. The number of rotatable bonds is 7. The Labute approximate surface area is 120 Å². The van der Waals surface area contributed by atoms with Crippen molar-refractivity contribution in [3.8, 4) is 0 Å². The van der Waals surface area contributed by atoms with Gasteiger partial charge in [-0.15, -0.1) is 0 Å². The molecule has 0 aromatic heterocycles. The fraction of sp³-hybridized carbons (Fsp3) is 0.533. The van der Waals surface area contributed by atoms with Crippen molar-refractivity contribution in [2.45, 2.75) is 39.7 Å². The molecule has 1 rings (SSSR count). The molecule has 0 unspecified atom stereocenters. The van der Waals surface area contributed by atoms with Gasteiger partial charge in [0.25, 0.3) is 0 Å². The van der Waals surface area contributed by atoms with Crippen LogP contribution in [0.2, 0.25) is 5.02 Å². The summed E-state index contributed by atoms with van der Waals surface area (Å²) < 4.78 is 0. The van der Waals surface area contributed by atoms with Gasteiger partial charge in [-0.25, -0.2) is 0 Å². The van der Waals surface area contributed by atoms with Crippen LogP contribution in [0.1, 0.15) is 38.7 Å². The highest BCUT2D eigenvalue weighted by atomic mass is 35.5. The summed E-state index contributed by atoms with van der Waals surface area (Å²) in [5, 5.41) is 3.63. The molecule has 0 aliphatic carbocycles. The third kappa shape index (κ3) is 6.60. The lowest BCUT2D eigenvalue weighted by molar-refractivity contribution is -0.121. The molecule has 1 amide bonds. The Bertz CT molecular complexity index is 401. The molecule has 3 N–H and O–H groups in total. The Hall–Kier alpha value is -1.06. The number of carbonyl (C=O) groups excluding carboxylic acids is 1. The monoisotopic (exact) mass is 282 g/mol. The van der Waals surface area contributed by atoms with Gasteiger partial charge in [0, 0.05) is 18.0 Å². The van der Waals surface area contributed by atoms with Crippen LogP contribution in [-0.2, 0) is 11.3 Å². The van der Waals surface area contributed by atoms with Crippen LogP contribution in [0.4, 0.5) is 0 Å². The molecule has 0 radical (unpaired) electrons. The summed E-state index contributed by atoms with van der Waals surface area (Å²) in [6.07, 6.45) is 2.34. The lowest BCUT2D eigenvalue weighted by Gasteiger charge is -2.23. The molecule has 19 heavy (non-hydrogen) atoms. The average molecular weight is 283 g/mol. The van der Waals surface area contributed by atoms with Crippen LogP contribution in [0.3, 0.4) is 0 Å². The van der Waals surface area contributed by atoms with E-state index in [4.69, 9.17) is 17.3 Å². The van der Waals surface area contributed by atoms with Crippen molar-refractivity contribution in [2.24, 2.45) is 11.1 Å². The van der Waals surface area contributed by atoms with Crippen molar-refractivity contribution < 1.29 is 4.79 Å². The molecule has 1 aromatic rings. The molecule has 3 nitrogen and oxygen atoms in total. The molecule has 0 heterocycles. The molecule has 0 aliphatic heterocycles. The fourth-order valence-corrected chi connectivity index (χ4v) is 1.98. The van der Waals surface area contributed by atoms with Gasteiger partial charge in [-0.3, -0.25) is 4.79 Å². The standard InChI is InChI=1S/C15H23ClN2O/c1-15(2,9-10-17)8-7-14(19)18-11-12-3-5-13(16)6-4-12/h3-6H,7-11,17H2,1-2H3,(H,18,19). The van der Waals surface area contributed by atoms with Gasteiger partial charge in [-0.2, -0.15) is 0 Å². The van der Waals surface area contributed by atoms with Gasteiger partial charge in [0.15, 0.2) is 0 Å². The number of benzene rings is 1. The lowest BCUT2D eigenvalue weighted by atomic mass is 9.84. The van der Waals surface area contributed by atoms with E-state index in [2.05, 4.69) is 19.2 Å². The van der Waals surface area contributed by atoms with E-state index in [-0.39, 0.29) is 11.3 Å². The number of carbonyl (C=O) groups is 1. The van der Waals surface area contributed by atoms with E-state index in [1.165, 1.54) is 0 Å². The Morgan fingerprint density at radius 3 is 2.47 bits per heavy atom. The molecule has 0 spiro atoms. The number of halogens is 1. The molecule has 0 saturated carbocycles. The molecule has 4 heteroatoms. The summed E-state index contributed by atoms with van der Waals surface area (Å²) >= 11 is 5.81. The molecule has 0 atom stereocenters. The lowest BCUT2D eigenvalue weighted by Crippen LogP contribution is -2.25. The number of hydrogen-bond acceptors (Lipinski definition) is 2.